The molecule has 2 aliphatic heterocycles. The van der Waals surface area contributed by atoms with Gasteiger partial charge >= 0.3 is 6.03 Å². The first-order valence-corrected chi connectivity index (χ1v) is 9.03. The second-order valence-electron chi connectivity index (χ2n) is 6.74. The summed E-state index contributed by atoms with van der Waals surface area (Å²) in [4.78, 5) is 41.1. The molecule has 1 N–H and O–H groups in total. The molecule has 3 rings (SSSR count). The average molecular weight is 343 g/mol. The van der Waals surface area contributed by atoms with Crippen LogP contribution in [0, 0.1) is 5.92 Å². The Bertz CT molecular complexity index is 657. The highest BCUT2D eigenvalue weighted by Gasteiger charge is 2.49. The molecule has 0 spiro atoms. The zero-order valence-electron chi connectivity index (χ0n) is 14.8. The Morgan fingerprint density at radius 3 is 2.52 bits per heavy atom. The molecule has 0 saturated carbocycles. The van der Waals surface area contributed by atoms with E-state index in [1.165, 1.54) is 4.90 Å². The molecule has 0 bridgehead atoms. The molecule has 2 atom stereocenters. The third-order valence-corrected chi connectivity index (χ3v) is 5.27. The number of benzene rings is 1. The molecule has 6 heteroatoms. The number of nitrogens with zero attached hydrogens (tertiary/aromatic N) is 2. The van der Waals surface area contributed by atoms with Crippen LogP contribution < -0.4 is 5.32 Å². The highest BCUT2D eigenvalue weighted by Crippen LogP contribution is 2.27. The molecular weight excluding hydrogens is 318 g/mol. The second kappa shape index (κ2) is 7.25. The van der Waals surface area contributed by atoms with Crippen LogP contribution in [-0.4, -0.2) is 46.3 Å². The summed E-state index contributed by atoms with van der Waals surface area (Å²) in [7, 11) is 0. The lowest BCUT2D eigenvalue weighted by Crippen LogP contribution is -2.64. The molecule has 0 aliphatic carbocycles. The number of rotatable bonds is 5. The molecule has 2 aliphatic rings. The molecule has 0 unspecified atom stereocenters. The maximum atomic E-state index is 13.0. The highest BCUT2D eigenvalue weighted by atomic mass is 16.2. The molecule has 134 valence electrons. The lowest BCUT2D eigenvalue weighted by atomic mass is 9.99. The van der Waals surface area contributed by atoms with Gasteiger partial charge in [0.1, 0.15) is 6.04 Å². The van der Waals surface area contributed by atoms with Crippen molar-refractivity contribution >= 4 is 17.8 Å². The Labute approximate surface area is 148 Å². The topological polar surface area (TPSA) is 69.7 Å². The lowest BCUT2D eigenvalue weighted by Gasteiger charge is -2.37. The molecule has 2 heterocycles. The van der Waals surface area contributed by atoms with Crippen LogP contribution in [0.5, 0.6) is 0 Å². The van der Waals surface area contributed by atoms with E-state index in [1.807, 2.05) is 44.2 Å². The van der Waals surface area contributed by atoms with E-state index in [1.54, 1.807) is 4.90 Å². The van der Waals surface area contributed by atoms with Gasteiger partial charge in [0.25, 0.3) is 5.91 Å². The molecule has 2 fully saturated rings. The monoisotopic (exact) mass is 343 g/mol. The molecule has 6 nitrogen and oxygen atoms in total. The summed E-state index contributed by atoms with van der Waals surface area (Å²) in [6.07, 6.45) is 2.15. The zero-order chi connectivity index (χ0) is 18.0. The van der Waals surface area contributed by atoms with Gasteiger partial charge in [-0.2, -0.15) is 0 Å². The molecular formula is C19H25N3O3. The van der Waals surface area contributed by atoms with E-state index >= 15 is 0 Å². The van der Waals surface area contributed by atoms with Crippen molar-refractivity contribution in [3.63, 3.8) is 0 Å². The molecule has 0 radical (unpaired) electrons. The summed E-state index contributed by atoms with van der Waals surface area (Å²) in [6, 6.07) is 8.20. The molecule has 25 heavy (non-hydrogen) atoms. The molecule has 1 aromatic carbocycles. The smallest absolute Gasteiger partial charge is 0.324 e. The van der Waals surface area contributed by atoms with Gasteiger partial charge in [-0.25, -0.2) is 4.79 Å². The van der Waals surface area contributed by atoms with E-state index in [0.29, 0.717) is 13.0 Å². The Morgan fingerprint density at radius 2 is 1.88 bits per heavy atom. The summed E-state index contributed by atoms with van der Waals surface area (Å²) in [5, 5.41) is 2.91. The molecule has 2 saturated heterocycles. The highest BCUT2D eigenvalue weighted by molar-refractivity contribution is 6.02. The van der Waals surface area contributed by atoms with Crippen molar-refractivity contribution < 1.29 is 14.4 Å². The Hall–Kier alpha value is -2.37. The van der Waals surface area contributed by atoms with Crippen molar-refractivity contribution in [2.24, 2.45) is 5.92 Å². The minimum Gasteiger partial charge on any atom is -0.332 e. The Kier molecular flexibility index (Phi) is 5.06. The summed E-state index contributed by atoms with van der Waals surface area (Å²) < 4.78 is 0. The van der Waals surface area contributed by atoms with Gasteiger partial charge in [0.05, 0.1) is 12.6 Å². The first-order valence-electron chi connectivity index (χ1n) is 9.03. The van der Waals surface area contributed by atoms with E-state index in [-0.39, 0.29) is 36.3 Å². The molecule has 1 aromatic rings. The zero-order valence-corrected chi connectivity index (χ0v) is 14.8. The summed E-state index contributed by atoms with van der Waals surface area (Å²) in [5.41, 5.74) is 0.889. The van der Waals surface area contributed by atoms with Crippen LogP contribution in [0.25, 0.3) is 0 Å². The van der Waals surface area contributed by atoms with E-state index in [2.05, 4.69) is 5.32 Å². The normalized spacial score (nSPS) is 23.0. The van der Waals surface area contributed by atoms with Gasteiger partial charge < -0.3 is 10.2 Å². The number of amides is 4. The van der Waals surface area contributed by atoms with Crippen molar-refractivity contribution in [2.75, 3.05) is 6.54 Å². The fraction of sp³-hybridized carbons (Fsp3) is 0.526. The van der Waals surface area contributed by atoms with Crippen molar-refractivity contribution in [3.8, 4) is 0 Å². The van der Waals surface area contributed by atoms with Gasteiger partial charge in [-0.1, -0.05) is 44.2 Å². The van der Waals surface area contributed by atoms with E-state index in [0.717, 1.165) is 18.4 Å². The summed E-state index contributed by atoms with van der Waals surface area (Å²) in [5.74, 6) is -0.303. The Morgan fingerprint density at radius 1 is 1.20 bits per heavy atom. The van der Waals surface area contributed by atoms with Crippen LogP contribution in [0.15, 0.2) is 30.3 Å². The lowest BCUT2D eigenvalue weighted by molar-refractivity contribution is -0.146. The number of fused-ring (bicyclic) bond motifs is 1. The predicted octanol–water partition coefficient (Wildman–Crippen LogP) is 2.14. The number of likely N-dealkylation sites (tertiary alicyclic amines) is 1. The number of nitrogens with one attached hydrogen (secondary N) is 1. The van der Waals surface area contributed by atoms with Crippen LogP contribution >= 0.6 is 0 Å². The number of hydrogen-bond acceptors (Lipinski definition) is 3. The average Bonchev–Trinajstić information content (AvgIpc) is 3.04. The minimum absolute atomic E-state index is 0.0293. The van der Waals surface area contributed by atoms with Gasteiger partial charge in [0.2, 0.25) is 5.91 Å². The largest absolute Gasteiger partial charge is 0.332 e. The predicted molar refractivity (Wildman–Crippen MR) is 93.5 cm³/mol. The summed E-state index contributed by atoms with van der Waals surface area (Å²) in [6.45, 7) is 4.73. The van der Waals surface area contributed by atoms with E-state index in [4.69, 9.17) is 0 Å². The maximum Gasteiger partial charge on any atom is 0.324 e. The maximum absolute atomic E-state index is 13.0. The minimum atomic E-state index is -0.575. The molecule has 0 aromatic heterocycles. The van der Waals surface area contributed by atoms with Gasteiger partial charge in [-0.15, -0.1) is 0 Å². The van der Waals surface area contributed by atoms with Crippen molar-refractivity contribution in [3.05, 3.63) is 35.9 Å². The van der Waals surface area contributed by atoms with Crippen LogP contribution in [0.4, 0.5) is 4.79 Å². The van der Waals surface area contributed by atoms with E-state index in [9.17, 15) is 14.4 Å². The number of hydrogen-bond donors (Lipinski definition) is 1. The van der Waals surface area contributed by atoms with E-state index < -0.39 is 6.04 Å². The SMILES string of the molecule is CCC(CC)C(=O)N1CC[C@@H]2NC(=O)N(Cc3ccccc3)C(=O)[C@H]21. The first-order chi connectivity index (χ1) is 12.1. The van der Waals surface area contributed by atoms with Gasteiger partial charge in [0, 0.05) is 12.5 Å². The van der Waals surface area contributed by atoms with Crippen molar-refractivity contribution in [2.45, 2.75) is 51.7 Å². The van der Waals surface area contributed by atoms with Crippen molar-refractivity contribution in [1.82, 2.24) is 15.1 Å². The number of carbonyl (C=O) groups is 3. The number of urea groups is 1. The van der Waals surface area contributed by atoms with Crippen LogP contribution in [0.2, 0.25) is 0 Å². The van der Waals surface area contributed by atoms with Crippen LogP contribution in [0.1, 0.15) is 38.7 Å². The quantitative estimate of drug-likeness (QED) is 0.890. The van der Waals surface area contributed by atoms with Crippen LogP contribution in [-0.2, 0) is 16.1 Å². The first kappa shape index (κ1) is 17.5. The van der Waals surface area contributed by atoms with Crippen LogP contribution in [0.3, 0.4) is 0 Å². The number of carbonyl (C=O) groups excluding carboxylic acids is 3. The van der Waals surface area contributed by atoms with Gasteiger partial charge in [-0.3, -0.25) is 14.5 Å². The summed E-state index contributed by atoms with van der Waals surface area (Å²) >= 11 is 0. The fourth-order valence-electron chi connectivity index (χ4n) is 3.78. The second-order valence-corrected chi connectivity index (χ2v) is 6.74. The fourth-order valence-corrected chi connectivity index (χ4v) is 3.78. The Balaban J connectivity index is 1.80. The molecule has 4 amide bonds. The van der Waals surface area contributed by atoms with Crippen molar-refractivity contribution in [1.29, 1.82) is 0 Å². The van der Waals surface area contributed by atoms with Gasteiger partial charge in [0.15, 0.2) is 0 Å². The number of imide groups is 1. The third-order valence-electron chi connectivity index (χ3n) is 5.27. The third kappa shape index (κ3) is 3.25. The van der Waals surface area contributed by atoms with Gasteiger partial charge in [-0.05, 0) is 24.8 Å². The standard InChI is InChI=1S/C19H25N3O3/c1-3-14(4-2)17(23)21-11-10-15-16(21)18(24)22(19(25)20-15)12-13-8-6-5-7-9-13/h5-9,14-16H,3-4,10-12H2,1-2H3,(H,20,25)/t15-,16-/m0/s1.